The quantitative estimate of drug-likeness (QED) is 0.415. The number of imidazole rings is 1. The summed E-state index contributed by atoms with van der Waals surface area (Å²) in [4.78, 5) is 14.7. The van der Waals surface area contributed by atoms with Crippen molar-refractivity contribution in [3.05, 3.63) is 100 Å². The molecular formula is C20H17N5O2. The van der Waals surface area contributed by atoms with E-state index >= 15 is 0 Å². The zero-order valence-electron chi connectivity index (χ0n) is 14.4. The summed E-state index contributed by atoms with van der Waals surface area (Å²) in [7, 11) is 0. The molecule has 0 bridgehead atoms. The van der Waals surface area contributed by atoms with Crippen LogP contribution < -0.4 is 5.32 Å². The molecule has 0 saturated heterocycles. The Labute approximate surface area is 155 Å². The monoisotopic (exact) mass is 359 g/mol. The van der Waals surface area contributed by atoms with Crippen LogP contribution in [0.25, 0.3) is 5.65 Å². The number of nitro groups is 1. The first-order chi connectivity index (χ1) is 13.2. The molecule has 27 heavy (non-hydrogen) atoms. The van der Waals surface area contributed by atoms with Crippen LogP contribution in [-0.2, 0) is 6.42 Å². The number of nitrogens with one attached hydrogen (secondary N) is 1. The lowest BCUT2D eigenvalue weighted by Crippen LogP contribution is -2.15. The van der Waals surface area contributed by atoms with Crippen LogP contribution in [0.15, 0.2) is 79.0 Å². The van der Waals surface area contributed by atoms with Crippen LogP contribution in [0.2, 0.25) is 0 Å². The molecule has 0 aliphatic carbocycles. The molecule has 0 amide bonds. The average molecular weight is 359 g/mol. The number of rotatable bonds is 6. The molecule has 4 rings (SSSR count). The van der Waals surface area contributed by atoms with Gasteiger partial charge in [-0.1, -0.05) is 70.3 Å². The van der Waals surface area contributed by atoms with E-state index in [1.807, 2.05) is 36.4 Å². The summed E-state index contributed by atoms with van der Waals surface area (Å²) in [6, 6.07) is 23.7. The SMILES string of the molecule is O=[N+]([O-])c1cnc2ccc(NC(Cc3ccccc3)c3ccccc3)nn12. The van der Waals surface area contributed by atoms with Crippen molar-refractivity contribution in [2.24, 2.45) is 0 Å². The molecule has 0 radical (unpaired) electrons. The van der Waals surface area contributed by atoms with Crippen molar-refractivity contribution >= 4 is 17.3 Å². The Morgan fingerprint density at radius 1 is 1.00 bits per heavy atom. The van der Waals surface area contributed by atoms with Crippen LogP contribution in [0, 0.1) is 10.1 Å². The highest BCUT2D eigenvalue weighted by molar-refractivity contribution is 5.49. The first-order valence-corrected chi connectivity index (χ1v) is 8.55. The molecule has 1 atom stereocenters. The van der Waals surface area contributed by atoms with Gasteiger partial charge in [0.05, 0.1) is 6.04 Å². The second-order valence-corrected chi connectivity index (χ2v) is 6.16. The average Bonchev–Trinajstić information content (AvgIpc) is 3.12. The van der Waals surface area contributed by atoms with Gasteiger partial charge >= 0.3 is 5.82 Å². The van der Waals surface area contributed by atoms with E-state index in [0.29, 0.717) is 11.5 Å². The van der Waals surface area contributed by atoms with Gasteiger partial charge in [0.25, 0.3) is 0 Å². The molecule has 0 spiro atoms. The molecule has 0 fully saturated rings. The lowest BCUT2D eigenvalue weighted by molar-refractivity contribution is -0.391. The second-order valence-electron chi connectivity index (χ2n) is 6.16. The lowest BCUT2D eigenvalue weighted by Gasteiger charge is -2.19. The van der Waals surface area contributed by atoms with Gasteiger partial charge < -0.3 is 15.4 Å². The van der Waals surface area contributed by atoms with Gasteiger partial charge in [-0.2, -0.15) is 0 Å². The zero-order chi connectivity index (χ0) is 18.6. The molecule has 0 aliphatic rings. The summed E-state index contributed by atoms with van der Waals surface area (Å²) >= 11 is 0. The standard InChI is InChI=1S/C20H17N5O2/c26-25(27)20-14-21-19-12-11-18(23-24(19)20)22-17(16-9-5-2-6-10-16)13-15-7-3-1-4-8-15/h1-12,14,17H,13H2,(H,22,23). The van der Waals surface area contributed by atoms with Gasteiger partial charge in [0, 0.05) is 6.07 Å². The van der Waals surface area contributed by atoms with E-state index in [2.05, 4.69) is 39.7 Å². The van der Waals surface area contributed by atoms with Crippen LogP contribution in [0.1, 0.15) is 17.2 Å². The maximum Gasteiger partial charge on any atom is 0.368 e. The van der Waals surface area contributed by atoms with Gasteiger partial charge in [-0.3, -0.25) is 0 Å². The summed E-state index contributed by atoms with van der Waals surface area (Å²) in [5.41, 5.74) is 2.74. The lowest BCUT2D eigenvalue weighted by atomic mass is 9.99. The summed E-state index contributed by atoms with van der Waals surface area (Å²) in [5.74, 6) is 0.390. The molecule has 2 aromatic heterocycles. The minimum Gasteiger partial charge on any atom is -0.360 e. The fourth-order valence-electron chi connectivity index (χ4n) is 3.03. The Hall–Kier alpha value is -3.74. The Kier molecular flexibility index (Phi) is 4.49. The number of aromatic nitrogens is 3. The van der Waals surface area contributed by atoms with E-state index in [0.717, 1.165) is 12.0 Å². The van der Waals surface area contributed by atoms with Gasteiger partial charge in [-0.05, 0) is 28.5 Å². The van der Waals surface area contributed by atoms with Crippen molar-refractivity contribution in [2.45, 2.75) is 12.5 Å². The third-order valence-electron chi connectivity index (χ3n) is 4.34. The topological polar surface area (TPSA) is 85.4 Å². The van der Waals surface area contributed by atoms with Gasteiger partial charge in [0.15, 0.2) is 5.82 Å². The van der Waals surface area contributed by atoms with Crippen LogP contribution in [-0.4, -0.2) is 19.5 Å². The van der Waals surface area contributed by atoms with E-state index < -0.39 is 4.92 Å². The van der Waals surface area contributed by atoms with Gasteiger partial charge in [-0.25, -0.2) is 4.98 Å². The van der Waals surface area contributed by atoms with Gasteiger partial charge in [-0.15, -0.1) is 0 Å². The minimum atomic E-state index is -0.491. The smallest absolute Gasteiger partial charge is 0.360 e. The summed E-state index contributed by atoms with van der Waals surface area (Å²) in [6.45, 7) is 0. The molecule has 7 nitrogen and oxygen atoms in total. The third-order valence-corrected chi connectivity index (χ3v) is 4.34. The normalized spacial score (nSPS) is 12.0. The third kappa shape index (κ3) is 3.62. The molecule has 134 valence electrons. The van der Waals surface area contributed by atoms with Crippen LogP contribution in [0.4, 0.5) is 11.6 Å². The number of hydrogen-bond acceptors (Lipinski definition) is 5. The number of hydrogen-bond donors (Lipinski definition) is 1. The van der Waals surface area contributed by atoms with E-state index in [-0.39, 0.29) is 11.9 Å². The van der Waals surface area contributed by atoms with E-state index in [9.17, 15) is 10.1 Å². The molecule has 0 saturated carbocycles. The van der Waals surface area contributed by atoms with Crippen LogP contribution in [0.5, 0.6) is 0 Å². The minimum absolute atomic E-state index is 0.0267. The highest BCUT2D eigenvalue weighted by atomic mass is 16.6. The Morgan fingerprint density at radius 2 is 1.70 bits per heavy atom. The molecule has 7 heteroatoms. The number of fused-ring (bicyclic) bond motifs is 1. The summed E-state index contributed by atoms with van der Waals surface area (Å²) in [6.07, 6.45) is 1.97. The van der Waals surface area contributed by atoms with Gasteiger partial charge in [0.2, 0.25) is 5.65 Å². The van der Waals surface area contributed by atoms with E-state index in [1.54, 1.807) is 12.1 Å². The highest BCUT2D eigenvalue weighted by Gasteiger charge is 2.18. The summed E-state index contributed by atoms with van der Waals surface area (Å²) in [5, 5.41) is 18.9. The fourth-order valence-corrected chi connectivity index (χ4v) is 3.03. The zero-order valence-corrected chi connectivity index (χ0v) is 14.4. The molecule has 2 heterocycles. The first kappa shape index (κ1) is 16.7. The van der Waals surface area contributed by atoms with Crippen molar-refractivity contribution in [1.82, 2.24) is 14.6 Å². The second kappa shape index (κ2) is 7.25. The van der Waals surface area contributed by atoms with E-state index in [1.165, 1.54) is 16.3 Å². The largest absolute Gasteiger partial charge is 0.368 e. The van der Waals surface area contributed by atoms with Gasteiger partial charge in [0.1, 0.15) is 6.20 Å². The van der Waals surface area contributed by atoms with Crippen molar-refractivity contribution in [2.75, 3.05) is 5.32 Å². The predicted octanol–water partition coefficient (Wildman–Crippen LogP) is 4.03. The fraction of sp³-hybridized carbons (Fsp3) is 0.100. The highest BCUT2D eigenvalue weighted by Crippen LogP contribution is 2.23. The maximum atomic E-state index is 11.2. The van der Waals surface area contributed by atoms with Crippen molar-refractivity contribution in [3.63, 3.8) is 0 Å². The Balaban J connectivity index is 1.68. The number of benzene rings is 2. The van der Waals surface area contributed by atoms with Crippen molar-refractivity contribution in [3.8, 4) is 0 Å². The van der Waals surface area contributed by atoms with Crippen LogP contribution >= 0.6 is 0 Å². The van der Waals surface area contributed by atoms with Crippen molar-refractivity contribution in [1.29, 1.82) is 0 Å². The Bertz CT molecular complexity index is 1060. The summed E-state index contributed by atoms with van der Waals surface area (Å²) < 4.78 is 1.24. The molecule has 2 aromatic carbocycles. The number of anilines is 1. The Morgan fingerprint density at radius 3 is 2.41 bits per heavy atom. The molecule has 1 N–H and O–H groups in total. The maximum absolute atomic E-state index is 11.2. The van der Waals surface area contributed by atoms with Crippen molar-refractivity contribution < 1.29 is 4.92 Å². The molecule has 1 unspecified atom stereocenters. The predicted molar refractivity (Wildman–Crippen MR) is 103 cm³/mol. The number of nitrogens with zero attached hydrogens (tertiary/aromatic N) is 4. The molecular weight excluding hydrogens is 342 g/mol. The first-order valence-electron chi connectivity index (χ1n) is 8.55. The molecule has 0 aliphatic heterocycles. The van der Waals surface area contributed by atoms with Crippen LogP contribution in [0.3, 0.4) is 0 Å². The molecule has 4 aromatic rings. The van der Waals surface area contributed by atoms with E-state index in [4.69, 9.17) is 0 Å².